The van der Waals surface area contributed by atoms with Gasteiger partial charge in [-0.2, -0.15) is 0 Å². The Morgan fingerprint density at radius 2 is 1.56 bits per heavy atom. The van der Waals surface area contributed by atoms with Gasteiger partial charge >= 0.3 is 5.97 Å². The second-order valence-corrected chi connectivity index (χ2v) is 7.47. The summed E-state index contributed by atoms with van der Waals surface area (Å²) in [5, 5.41) is 8.61. The molecule has 1 aliphatic heterocycles. The summed E-state index contributed by atoms with van der Waals surface area (Å²) in [5.74, 6) is 1.33. The summed E-state index contributed by atoms with van der Waals surface area (Å²) in [7, 11) is 2.03. The number of aldehydes is 1. The van der Waals surface area contributed by atoms with Crippen LogP contribution < -0.4 is 0 Å². The maximum Gasteiger partial charge on any atom is 0.306 e. The largest absolute Gasteiger partial charge is 0.481 e. The van der Waals surface area contributed by atoms with Gasteiger partial charge in [0.05, 0.1) is 5.92 Å². The topological polar surface area (TPSA) is 57.6 Å². The number of benzene rings is 1. The first-order valence-corrected chi connectivity index (χ1v) is 9.34. The van der Waals surface area contributed by atoms with E-state index in [1.807, 2.05) is 25.2 Å². The fraction of sp³-hybridized carbons (Fsp3) is 0.619. The second-order valence-electron chi connectivity index (χ2n) is 7.47. The number of hydrogen-bond acceptors (Lipinski definition) is 3. The van der Waals surface area contributed by atoms with E-state index in [2.05, 4.69) is 18.7 Å². The number of carbonyl (C=O) groups excluding carboxylic acids is 1. The van der Waals surface area contributed by atoms with E-state index in [9.17, 15) is 9.59 Å². The summed E-state index contributed by atoms with van der Waals surface area (Å²) >= 11 is 0. The van der Waals surface area contributed by atoms with Crippen LogP contribution in [0.15, 0.2) is 30.3 Å². The van der Waals surface area contributed by atoms with Gasteiger partial charge in [-0.1, -0.05) is 57.0 Å². The fourth-order valence-electron chi connectivity index (χ4n) is 3.28. The van der Waals surface area contributed by atoms with Crippen LogP contribution in [-0.2, 0) is 4.79 Å². The van der Waals surface area contributed by atoms with Gasteiger partial charge in [-0.3, -0.25) is 9.59 Å². The molecule has 0 bridgehead atoms. The standard InChI is InChI=1S/C7H13NO2.C7H6O.C7H14/c1-8-4-2-6(3-5-8)7(9)10;8-6-7-4-2-1-3-5-7;1-6-3-4-7(2)5-6/h6H,2-5H2,1H3,(H,9,10);1-6H;6-7H,3-5H2,1-2H3. The Hall–Kier alpha value is -1.68. The molecule has 4 nitrogen and oxygen atoms in total. The highest BCUT2D eigenvalue weighted by Gasteiger charge is 2.22. The molecule has 1 saturated carbocycles. The van der Waals surface area contributed by atoms with E-state index in [1.165, 1.54) is 19.3 Å². The molecular weight excluding hydrogens is 314 g/mol. The SMILES string of the molecule is CC1CCC(C)C1.CN1CCC(C(=O)O)CC1.O=Cc1ccccc1. The second kappa shape index (κ2) is 11.8. The van der Waals surface area contributed by atoms with E-state index < -0.39 is 5.97 Å². The number of likely N-dealkylation sites (tertiary alicyclic amines) is 1. The molecule has 1 N–H and O–H groups in total. The van der Waals surface area contributed by atoms with Crippen LogP contribution in [0.3, 0.4) is 0 Å². The Morgan fingerprint density at radius 3 is 1.88 bits per heavy atom. The molecule has 4 heteroatoms. The van der Waals surface area contributed by atoms with E-state index in [-0.39, 0.29) is 5.92 Å². The van der Waals surface area contributed by atoms with Gasteiger partial charge in [0.15, 0.2) is 0 Å². The highest BCUT2D eigenvalue weighted by Crippen LogP contribution is 2.29. The quantitative estimate of drug-likeness (QED) is 0.808. The van der Waals surface area contributed by atoms with Crippen molar-refractivity contribution in [2.75, 3.05) is 20.1 Å². The summed E-state index contributed by atoms with van der Waals surface area (Å²) < 4.78 is 0. The molecule has 1 aromatic carbocycles. The van der Waals surface area contributed by atoms with Crippen molar-refractivity contribution >= 4 is 12.3 Å². The monoisotopic (exact) mass is 347 g/mol. The van der Waals surface area contributed by atoms with Crippen LogP contribution in [0, 0.1) is 17.8 Å². The van der Waals surface area contributed by atoms with Crippen molar-refractivity contribution in [2.24, 2.45) is 17.8 Å². The van der Waals surface area contributed by atoms with Crippen molar-refractivity contribution in [1.82, 2.24) is 4.90 Å². The lowest BCUT2D eigenvalue weighted by Gasteiger charge is -2.25. The zero-order valence-electron chi connectivity index (χ0n) is 15.9. The highest BCUT2D eigenvalue weighted by molar-refractivity contribution is 5.74. The molecule has 0 radical (unpaired) electrons. The summed E-state index contributed by atoms with van der Waals surface area (Å²) in [6, 6.07) is 9.10. The predicted molar refractivity (Wildman–Crippen MR) is 102 cm³/mol. The van der Waals surface area contributed by atoms with Gasteiger partial charge < -0.3 is 10.0 Å². The number of nitrogens with zero attached hydrogens (tertiary/aromatic N) is 1. The van der Waals surface area contributed by atoms with Crippen LogP contribution in [-0.4, -0.2) is 42.4 Å². The molecule has 2 aliphatic rings. The molecule has 25 heavy (non-hydrogen) atoms. The van der Waals surface area contributed by atoms with Gasteiger partial charge in [-0.05, 0) is 51.2 Å². The van der Waals surface area contributed by atoms with Gasteiger partial charge in [0.25, 0.3) is 0 Å². The molecule has 0 spiro atoms. The third kappa shape index (κ3) is 9.40. The Balaban J connectivity index is 0.000000191. The first-order valence-electron chi connectivity index (χ1n) is 9.34. The molecule has 2 fully saturated rings. The minimum Gasteiger partial charge on any atom is -0.481 e. The Bertz CT molecular complexity index is 487. The zero-order chi connectivity index (χ0) is 18.7. The van der Waals surface area contributed by atoms with Crippen LogP contribution in [0.2, 0.25) is 0 Å². The van der Waals surface area contributed by atoms with Crippen molar-refractivity contribution in [3.63, 3.8) is 0 Å². The predicted octanol–water partition coefficient (Wildman–Crippen LogP) is 4.35. The van der Waals surface area contributed by atoms with E-state index >= 15 is 0 Å². The molecule has 3 rings (SSSR count). The average Bonchev–Trinajstić information content (AvgIpc) is 3.00. The van der Waals surface area contributed by atoms with E-state index in [1.54, 1.807) is 12.1 Å². The molecule has 0 amide bonds. The van der Waals surface area contributed by atoms with E-state index in [0.29, 0.717) is 0 Å². The number of hydrogen-bond donors (Lipinski definition) is 1. The Morgan fingerprint density at radius 1 is 1.04 bits per heavy atom. The molecule has 2 atom stereocenters. The third-order valence-corrected chi connectivity index (χ3v) is 4.96. The highest BCUT2D eigenvalue weighted by atomic mass is 16.4. The number of piperidine rings is 1. The van der Waals surface area contributed by atoms with Crippen molar-refractivity contribution < 1.29 is 14.7 Å². The summed E-state index contributed by atoms with van der Waals surface area (Å²) in [6.45, 7) is 6.56. The van der Waals surface area contributed by atoms with E-state index in [0.717, 1.165) is 49.6 Å². The number of carboxylic acid groups (broad SMARTS) is 1. The maximum atomic E-state index is 10.4. The van der Waals surface area contributed by atoms with Gasteiger partial charge in [0.2, 0.25) is 0 Å². The minimum absolute atomic E-state index is 0.0869. The number of rotatable bonds is 2. The number of carboxylic acids is 1. The van der Waals surface area contributed by atoms with Crippen LogP contribution in [0.4, 0.5) is 0 Å². The number of aliphatic carboxylic acids is 1. The molecule has 1 aromatic rings. The normalized spacial score (nSPS) is 23.6. The summed E-state index contributed by atoms with van der Waals surface area (Å²) in [5.41, 5.74) is 0.729. The molecular formula is C21H33NO3. The van der Waals surface area contributed by atoms with Gasteiger partial charge in [0.1, 0.15) is 6.29 Å². The van der Waals surface area contributed by atoms with Crippen molar-refractivity contribution in [3.8, 4) is 0 Å². The summed E-state index contributed by atoms with van der Waals surface area (Å²) in [4.78, 5) is 22.6. The Labute approximate surface area is 152 Å². The minimum atomic E-state index is -0.631. The van der Waals surface area contributed by atoms with Gasteiger partial charge in [0, 0.05) is 5.56 Å². The van der Waals surface area contributed by atoms with Crippen molar-refractivity contribution in [1.29, 1.82) is 0 Å². The van der Waals surface area contributed by atoms with E-state index in [4.69, 9.17) is 5.11 Å². The molecule has 0 aromatic heterocycles. The van der Waals surface area contributed by atoms with Crippen LogP contribution >= 0.6 is 0 Å². The van der Waals surface area contributed by atoms with Gasteiger partial charge in [-0.25, -0.2) is 0 Å². The lowest BCUT2D eigenvalue weighted by molar-refractivity contribution is -0.143. The molecule has 2 unspecified atom stereocenters. The third-order valence-electron chi connectivity index (χ3n) is 4.96. The van der Waals surface area contributed by atoms with Crippen molar-refractivity contribution in [2.45, 2.75) is 46.0 Å². The number of carbonyl (C=O) groups is 2. The first-order chi connectivity index (χ1) is 11.9. The van der Waals surface area contributed by atoms with Gasteiger partial charge in [-0.15, -0.1) is 0 Å². The van der Waals surface area contributed by atoms with Crippen molar-refractivity contribution in [3.05, 3.63) is 35.9 Å². The molecule has 1 saturated heterocycles. The molecule has 140 valence electrons. The average molecular weight is 347 g/mol. The zero-order valence-corrected chi connectivity index (χ0v) is 15.9. The van der Waals surface area contributed by atoms with Crippen LogP contribution in [0.1, 0.15) is 56.3 Å². The Kier molecular flexibility index (Phi) is 10.1. The molecule has 1 heterocycles. The smallest absolute Gasteiger partial charge is 0.306 e. The van der Waals surface area contributed by atoms with Crippen LogP contribution in [0.5, 0.6) is 0 Å². The van der Waals surface area contributed by atoms with Crippen LogP contribution in [0.25, 0.3) is 0 Å². The fourth-order valence-corrected chi connectivity index (χ4v) is 3.28. The lowest BCUT2D eigenvalue weighted by atomic mass is 9.98. The first kappa shape index (κ1) is 21.4. The lowest BCUT2D eigenvalue weighted by Crippen LogP contribution is -2.33. The maximum absolute atomic E-state index is 10.4. The summed E-state index contributed by atoms with van der Waals surface area (Å²) in [6.07, 6.45) is 6.88. The molecule has 1 aliphatic carbocycles.